The van der Waals surface area contributed by atoms with Crippen LogP contribution >= 0.6 is 0 Å². The summed E-state index contributed by atoms with van der Waals surface area (Å²) in [5, 5.41) is 2.96. The number of rotatable bonds is 10. The van der Waals surface area contributed by atoms with E-state index in [9.17, 15) is 9.18 Å². The van der Waals surface area contributed by atoms with Gasteiger partial charge in [-0.2, -0.15) is 0 Å². The molecular formula is C27H32FN5O. The monoisotopic (exact) mass is 461 g/mol. The molecule has 1 atom stereocenters. The molecular weight excluding hydrogens is 429 g/mol. The predicted molar refractivity (Wildman–Crippen MR) is 135 cm³/mol. The summed E-state index contributed by atoms with van der Waals surface area (Å²) in [7, 11) is 0. The molecule has 34 heavy (non-hydrogen) atoms. The van der Waals surface area contributed by atoms with E-state index in [1.165, 1.54) is 12.1 Å². The summed E-state index contributed by atoms with van der Waals surface area (Å²) in [4.78, 5) is 22.9. The molecule has 4 rings (SSSR count). The van der Waals surface area contributed by atoms with Crippen LogP contribution in [0.1, 0.15) is 55.5 Å². The second kappa shape index (κ2) is 10.6. The smallest absolute Gasteiger partial charge is 0.257 e. The van der Waals surface area contributed by atoms with Crippen molar-refractivity contribution in [1.82, 2.24) is 19.9 Å². The van der Waals surface area contributed by atoms with E-state index in [1.54, 1.807) is 12.1 Å². The van der Waals surface area contributed by atoms with Crippen molar-refractivity contribution >= 4 is 33.9 Å². The molecule has 0 saturated carbocycles. The molecule has 0 spiro atoms. The second-order valence-electron chi connectivity index (χ2n) is 8.80. The lowest BCUT2D eigenvalue weighted by atomic mass is 9.99. The second-order valence-corrected chi connectivity index (χ2v) is 8.80. The number of carbonyl (C=O) groups excluding carboxylic acids is 1. The normalized spacial score (nSPS) is 12.3. The van der Waals surface area contributed by atoms with Gasteiger partial charge in [-0.25, -0.2) is 14.4 Å². The maximum atomic E-state index is 13.3. The molecule has 2 aromatic heterocycles. The molecule has 1 amide bonds. The van der Waals surface area contributed by atoms with Crippen LogP contribution in [0, 0.1) is 11.7 Å². The van der Waals surface area contributed by atoms with Crippen molar-refractivity contribution in [3.63, 3.8) is 0 Å². The third kappa shape index (κ3) is 5.03. The van der Waals surface area contributed by atoms with Gasteiger partial charge in [-0.15, -0.1) is 0 Å². The van der Waals surface area contributed by atoms with Crippen molar-refractivity contribution in [2.24, 2.45) is 5.92 Å². The summed E-state index contributed by atoms with van der Waals surface area (Å²) in [6, 6.07) is 13.9. The van der Waals surface area contributed by atoms with Crippen molar-refractivity contribution in [1.29, 1.82) is 0 Å². The number of hydrogen-bond donors (Lipinski definition) is 2. The van der Waals surface area contributed by atoms with E-state index in [2.05, 4.69) is 19.2 Å². The van der Waals surface area contributed by atoms with Crippen molar-refractivity contribution in [3.05, 3.63) is 65.5 Å². The molecule has 3 N–H and O–H groups in total. The lowest BCUT2D eigenvalue weighted by Crippen LogP contribution is -2.26. The first kappa shape index (κ1) is 23.7. The molecule has 178 valence electrons. The van der Waals surface area contributed by atoms with Gasteiger partial charge in [0.25, 0.3) is 5.91 Å². The van der Waals surface area contributed by atoms with Crippen LogP contribution in [0.15, 0.2) is 48.5 Å². The van der Waals surface area contributed by atoms with Gasteiger partial charge in [0.2, 0.25) is 0 Å². The van der Waals surface area contributed by atoms with Gasteiger partial charge in [0, 0.05) is 13.1 Å². The number of anilines is 1. The fourth-order valence-electron chi connectivity index (χ4n) is 4.36. The Labute approximate surface area is 199 Å². The molecule has 0 bridgehead atoms. The molecule has 0 aliphatic carbocycles. The number of nitrogens with zero attached hydrogens (tertiary/aromatic N) is 3. The molecule has 2 heterocycles. The number of nitrogens with two attached hydrogens (primary N) is 1. The molecule has 4 aromatic rings. The van der Waals surface area contributed by atoms with Crippen LogP contribution in [0.3, 0.4) is 0 Å². The molecule has 0 aliphatic rings. The zero-order valence-corrected chi connectivity index (χ0v) is 19.9. The van der Waals surface area contributed by atoms with Crippen LogP contribution in [-0.2, 0) is 13.0 Å². The van der Waals surface area contributed by atoms with Crippen LogP contribution in [0.25, 0.3) is 22.2 Å². The maximum absolute atomic E-state index is 13.3. The third-order valence-corrected chi connectivity index (χ3v) is 6.42. The standard InChI is InChI=1S/C27H32FN5O/c1-3-5-8-18(4-2)17-33-25(29)23(24-26(33)32-22-10-7-6-9-21(22)31-24)27(34)30-16-15-19-11-13-20(28)14-12-19/h6-7,9-14,18H,3-5,8,15-17,29H2,1-2H3,(H,30,34)/t18-/m1/s1. The number of nitrogen functional groups attached to an aromatic ring is 1. The Morgan fingerprint density at radius 3 is 2.47 bits per heavy atom. The highest BCUT2D eigenvalue weighted by atomic mass is 19.1. The Bertz CT molecular complexity index is 1280. The van der Waals surface area contributed by atoms with Crippen molar-refractivity contribution in [2.75, 3.05) is 12.3 Å². The minimum Gasteiger partial charge on any atom is -0.384 e. The average molecular weight is 462 g/mol. The highest BCUT2D eigenvalue weighted by Crippen LogP contribution is 2.30. The fraction of sp³-hybridized carbons (Fsp3) is 0.370. The van der Waals surface area contributed by atoms with Crippen molar-refractivity contribution in [3.8, 4) is 0 Å². The Hall–Kier alpha value is -3.48. The van der Waals surface area contributed by atoms with Gasteiger partial charge in [-0.1, -0.05) is 57.4 Å². The van der Waals surface area contributed by atoms with Gasteiger partial charge in [-0.3, -0.25) is 4.79 Å². The molecule has 0 unspecified atom stereocenters. The van der Waals surface area contributed by atoms with Gasteiger partial charge < -0.3 is 15.6 Å². The van der Waals surface area contributed by atoms with Crippen LogP contribution in [-0.4, -0.2) is 27.0 Å². The molecule has 7 heteroatoms. The maximum Gasteiger partial charge on any atom is 0.257 e. The van der Waals surface area contributed by atoms with Crippen LogP contribution in [0.5, 0.6) is 0 Å². The first-order chi connectivity index (χ1) is 16.5. The Balaban J connectivity index is 1.66. The number of nitrogens with one attached hydrogen (secondary N) is 1. The number of fused-ring (bicyclic) bond motifs is 2. The Morgan fingerprint density at radius 1 is 1.09 bits per heavy atom. The van der Waals surface area contributed by atoms with E-state index in [0.29, 0.717) is 48.0 Å². The summed E-state index contributed by atoms with van der Waals surface area (Å²) < 4.78 is 15.1. The number of unbranched alkanes of at least 4 members (excludes halogenated alkanes) is 1. The van der Waals surface area contributed by atoms with Crippen molar-refractivity contribution in [2.45, 2.75) is 52.5 Å². The van der Waals surface area contributed by atoms with E-state index in [4.69, 9.17) is 15.7 Å². The lowest BCUT2D eigenvalue weighted by molar-refractivity contribution is 0.0956. The SMILES string of the molecule is CCCC[C@@H](CC)Cn1c(N)c(C(=O)NCCc2ccc(F)cc2)c2nc3ccccc3nc21. The van der Waals surface area contributed by atoms with Crippen LogP contribution < -0.4 is 11.1 Å². The fourth-order valence-corrected chi connectivity index (χ4v) is 4.36. The third-order valence-electron chi connectivity index (χ3n) is 6.42. The van der Waals surface area contributed by atoms with E-state index < -0.39 is 0 Å². The summed E-state index contributed by atoms with van der Waals surface area (Å²) in [6.07, 6.45) is 5.02. The lowest BCUT2D eigenvalue weighted by Gasteiger charge is -2.17. The number of halogens is 1. The highest BCUT2D eigenvalue weighted by molar-refractivity contribution is 6.10. The number of para-hydroxylation sites is 2. The Morgan fingerprint density at radius 2 is 1.79 bits per heavy atom. The van der Waals surface area contributed by atoms with Gasteiger partial charge in [-0.05, 0) is 48.6 Å². The van der Waals surface area contributed by atoms with Crippen molar-refractivity contribution < 1.29 is 9.18 Å². The summed E-state index contributed by atoms with van der Waals surface area (Å²) in [6.45, 7) is 5.49. The number of aromatic nitrogens is 3. The van der Waals surface area contributed by atoms with Gasteiger partial charge in [0.15, 0.2) is 5.65 Å². The van der Waals surface area contributed by atoms with E-state index in [-0.39, 0.29) is 11.7 Å². The number of benzene rings is 2. The number of amides is 1. The zero-order chi connectivity index (χ0) is 24.1. The van der Waals surface area contributed by atoms with Gasteiger partial charge in [0.1, 0.15) is 22.7 Å². The highest BCUT2D eigenvalue weighted by Gasteiger charge is 2.25. The van der Waals surface area contributed by atoms with Gasteiger partial charge in [0.05, 0.1) is 11.0 Å². The minimum atomic E-state index is -0.275. The van der Waals surface area contributed by atoms with Crippen LogP contribution in [0.2, 0.25) is 0 Å². The molecule has 2 aromatic carbocycles. The molecule has 0 aliphatic heterocycles. The quantitative estimate of drug-likeness (QED) is 0.327. The summed E-state index contributed by atoms with van der Waals surface area (Å²) >= 11 is 0. The molecule has 0 radical (unpaired) electrons. The molecule has 0 saturated heterocycles. The molecule has 0 fully saturated rings. The van der Waals surface area contributed by atoms with E-state index >= 15 is 0 Å². The minimum absolute atomic E-state index is 0.269. The van der Waals surface area contributed by atoms with E-state index in [0.717, 1.165) is 42.3 Å². The largest absolute Gasteiger partial charge is 0.384 e. The number of carbonyl (C=O) groups is 1. The summed E-state index contributed by atoms with van der Waals surface area (Å²) in [5.74, 6) is 0.304. The summed E-state index contributed by atoms with van der Waals surface area (Å²) in [5.41, 5.74) is 10.6. The first-order valence-electron chi connectivity index (χ1n) is 12.1. The average Bonchev–Trinajstić information content (AvgIpc) is 3.11. The topological polar surface area (TPSA) is 85.8 Å². The Kier molecular flexibility index (Phi) is 7.40. The number of hydrogen-bond acceptors (Lipinski definition) is 4. The van der Waals surface area contributed by atoms with Gasteiger partial charge >= 0.3 is 0 Å². The molecule has 6 nitrogen and oxygen atoms in total. The zero-order valence-electron chi connectivity index (χ0n) is 19.9. The van der Waals surface area contributed by atoms with E-state index in [1.807, 2.05) is 28.8 Å². The van der Waals surface area contributed by atoms with Crippen LogP contribution in [0.4, 0.5) is 10.2 Å². The first-order valence-corrected chi connectivity index (χ1v) is 12.1. The predicted octanol–water partition coefficient (Wildman–Crippen LogP) is 5.49.